The largest absolute Gasteiger partial charge is 0.459 e. The van der Waals surface area contributed by atoms with E-state index >= 15 is 0 Å². The van der Waals surface area contributed by atoms with Gasteiger partial charge in [0.25, 0.3) is 5.91 Å². The summed E-state index contributed by atoms with van der Waals surface area (Å²) in [5.74, 6) is -0.190. The van der Waals surface area contributed by atoms with Gasteiger partial charge >= 0.3 is 0 Å². The molecule has 0 aromatic carbocycles. The van der Waals surface area contributed by atoms with Crippen LogP contribution in [0.15, 0.2) is 40.3 Å². The molecular weight excluding hydrogens is 288 g/mol. The number of rotatable bonds is 6. The lowest BCUT2D eigenvalue weighted by Gasteiger charge is -2.21. The van der Waals surface area contributed by atoms with E-state index in [0.29, 0.717) is 12.6 Å². The molecule has 2 aromatic heterocycles. The molecule has 1 aliphatic rings. The van der Waals surface area contributed by atoms with Gasteiger partial charge in [0.15, 0.2) is 5.76 Å². The summed E-state index contributed by atoms with van der Waals surface area (Å²) in [6.45, 7) is 0.624. The van der Waals surface area contributed by atoms with Crippen LogP contribution in [0, 0.1) is 0 Å². The Hall–Kier alpha value is -2.08. The number of hydrogen-bond acceptors (Lipinski definition) is 4. The molecule has 6 heteroatoms. The molecule has 1 fully saturated rings. The Labute approximate surface area is 126 Å². The number of nitrogens with zero attached hydrogens (tertiary/aromatic N) is 1. The summed E-state index contributed by atoms with van der Waals surface area (Å²) in [7, 11) is 0. The van der Waals surface area contributed by atoms with E-state index in [2.05, 4.69) is 5.32 Å². The number of hydrogen-bond donors (Lipinski definition) is 1. The maximum absolute atomic E-state index is 12.3. The summed E-state index contributed by atoms with van der Waals surface area (Å²) in [4.78, 5) is 27.1. The second kappa shape index (κ2) is 6.13. The molecule has 0 unspecified atom stereocenters. The molecule has 2 heterocycles. The summed E-state index contributed by atoms with van der Waals surface area (Å²) in [6.07, 6.45) is 3.52. The van der Waals surface area contributed by atoms with Crippen LogP contribution in [0.1, 0.15) is 28.3 Å². The van der Waals surface area contributed by atoms with Gasteiger partial charge in [-0.05, 0) is 36.4 Å². The van der Waals surface area contributed by atoms with E-state index in [4.69, 9.17) is 4.42 Å². The minimum absolute atomic E-state index is 0.00140. The smallest absolute Gasteiger partial charge is 0.287 e. The van der Waals surface area contributed by atoms with Gasteiger partial charge < -0.3 is 14.6 Å². The van der Waals surface area contributed by atoms with Gasteiger partial charge in [-0.2, -0.15) is 0 Å². The Morgan fingerprint density at radius 1 is 1.33 bits per heavy atom. The fourth-order valence-electron chi connectivity index (χ4n) is 2.13. The first-order chi connectivity index (χ1) is 10.2. The topological polar surface area (TPSA) is 62.6 Å². The van der Waals surface area contributed by atoms with Crippen molar-refractivity contribution in [3.8, 4) is 0 Å². The molecule has 0 aliphatic heterocycles. The Morgan fingerprint density at radius 2 is 2.19 bits per heavy atom. The number of carbonyl (C=O) groups excluding carboxylic acids is 2. The molecule has 2 aromatic rings. The molecule has 0 bridgehead atoms. The normalized spacial score (nSPS) is 13.9. The lowest BCUT2D eigenvalue weighted by molar-refractivity contribution is -0.131. The molecule has 2 amide bonds. The van der Waals surface area contributed by atoms with Crippen LogP contribution in [0.3, 0.4) is 0 Å². The standard InChI is InChI=1S/C15H16N2O3S/c18-14(9-16-15(19)13-4-1-7-20-13)17(11-5-6-11)10-12-3-2-8-21-12/h1-4,7-8,11H,5-6,9-10H2,(H,16,19). The van der Waals surface area contributed by atoms with Crippen LogP contribution < -0.4 is 5.32 Å². The highest BCUT2D eigenvalue weighted by Gasteiger charge is 2.32. The molecule has 0 radical (unpaired) electrons. The fraction of sp³-hybridized carbons (Fsp3) is 0.333. The van der Waals surface area contributed by atoms with Crippen molar-refractivity contribution in [2.75, 3.05) is 6.54 Å². The van der Waals surface area contributed by atoms with Crippen LogP contribution in [-0.4, -0.2) is 29.3 Å². The maximum Gasteiger partial charge on any atom is 0.287 e. The Morgan fingerprint density at radius 3 is 2.81 bits per heavy atom. The van der Waals surface area contributed by atoms with Crippen LogP contribution in [0.5, 0.6) is 0 Å². The van der Waals surface area contributed by atoms with E-state index in [1.54, 1.807) is 23.5 Å². The van der Waals surface area contributed by atoms with E-state index in [9.17, 15) is 9.59 Å². The van der Waals surface area contributed by atoms with Gasteiger partial charge in [-0.3, -0.25) is 9.59 Å². The monoisotopic (exact) mass is 304 g/mol. The Bertz CT molecular complexity index is 603. The third kappa shape index (κ3) is 3.52. The first-order valence-electron chi connectivity index (χ1n) is 6.87. The summed E-state index contributed by atoms with van der Waals surface area (Å²) < 4.78 is 5.00. The van der Waals surface area contributed by atoms with Gasteiger partial charge in [-0.15, -0.1) is 11.3 Å². The molecule has 5 nitrogen and oxygen atoms in total. The van der Waals surface area contributed by atoms with Crippen molar-refractivity contribution in [2.24, 2.45) is 0 Å². The van der Waals surface area contributed by atoms with Crippen molar-refractivity contribution in [2.45, 2.75) is 25.4 Å². The van der Waals surface area contributed by atoms with Crippen molar-refractivity contribution in [3.05, 3.63) is 46.5 Å². The number of thiophene rings is 1. The van der Waals surface area contributed by atoms with Gasteiger partial charge in [0, 0.05) is 10.9 Å². The van der Waals surface area contributed by atoms with Crippen LogP contribution in [0.2, 0.25) is 0 Å². The fourth-order valence-corrected chi connectivity index (χ4v) is 2.83. The van der Waals surface area contributed by atoms with Crippen molar-refractivity contribution >= 4 is 23.2 Å². The highest BCUT2D eigenvalue weighted by atomic mass is 32.1. The van der Waals surface area contributed by atoms with Gasteiger partial charge in [0.1, 0.15) is 0 Å². The van der Waals surface area contributed by atoms with E-state index in [0.717, 1.165) is 17.7 Å². The van der Waals surface area contributed by atoms with Gasteiger partial charge in [-0.25, -0.2) is 0 Å². The molecule has 110 valence electrons. The SMILES string of the molecule is O=C(NCC(=O)N(Cc1cccs1)C1CC1)c1ccco1. The van der Waals surface area contributed by atoms with Crippen molar-refractivity contribution in [1.29, 1.82) is 0 Å². The van der Waals surface area contributed by atoms with Gasteiger partial charge in [0.2, 0.25) is 5.91 Å². The predicted molar refractivity (Wildman–Crippen MR) is 78.9 cm³/mol. The highest BCUT2D eigenvalue weighted by molar-refractivity contribution is 7.09. The zero-order chi connectivity index (χ0) is 14.7. The molecule has 1 N–H and O–H groups in total. The molecule has 21 heavy (non-hydrogen) atoms. The van der Waals surface area contributed by atoms with E-state index in [-0.39, 0.29) is 24.1 Å². The van der Waals surface area contributed by atoms with E-state index < -0.39 is 0 Å². The zero-order valence-electron chi connectivity index (χ0n) is 11.5. The van der Waals surface area contributed by atoms with Crippen LogP contribution in [0.4, 0.5) is 0 Å². The molecule has 0 spiro atoms. The second-order valence-corrected chi connectivity index (χ2v) is 6.02. The average Bonchev–Trinajstić information content (AvgIpc) is 2.97. The third-order valence-corrected chi connectivity index (χ3v) is 4.22. The molecule has 1 aliphatic carbocycles. The molecule has 0 atom stereocenters. The third-order valence-electron chi connectivity index (χ3n) is 3.36. The minimum Gasteiger partial charge on any atom is -0.459 e. The van der Waals surface area contributed by atoms with Crippen LogP contribution in [0.25, 0.3) is 0 Å². The highest BCUT2D eigenvalue weighted by Crippen LogP contribution is 2.29. The quantitative estimate of drug-likeness (QED) is 0.890. The first kappa shape index (κ1) is 13.9. The first-order valence-corrected chi connectivity index (χ1v) is 7.75. The van der Waals surface area contributed by atoms with E-state index in [1.165, 1.54) is 6.26 Å². The van der Waals surface area contributed by atoms with Crippen molar-refractivity contribution in [3.63, 3.8) is 0 Å². The number of nitrogens with one attached hydrogen (secondary N) is 1. The van der Waals surface area contributed by atoms with Gasteiger partial charge in [-0.1, -0.05) is 6.07 Å². The Balaban J connectivity index is 1.56. The van der Waals surface area contributed by atoms with E-state index in [1.807, 2.05) is 22.4 Å². The lowest BCUT2D eigenvalue weighted by atomic mass is 10.3. The zero-order valence-corrected chi connectivity index (χ0v) is 12.3. The summed E-state index contributed by atoms with van der Waals surface area (Å²) in [5.41, 5.74) is 0. The molecule has 1 saturated carbocycles. The van der Waals surface area contributed by atoms with Crippen molar-refractivity contribution in [1.82, 2.24) is 10.2 Å². The number of furan rings is 1. The number of amides is 2. The predicted octanol–water partition coefficient (Wildman–Crippen LogP) is 2.26. The summed E-state index contributed by atoms with van der Waals surface area (Å²) in [6, 6.07) is 7.54. The maximum atomic E-state index is 12.3. The molecule has 3 rings (SSSR count). The minimum atomic E-state index is -0.361. The Kier molecular flexibility index (Phi) is 4.06. The average molecular weight is 304 g/mol. The molecular formula is C15H16N2O3S. The summed E-state index contributed by atoms with van der Waals surface area (Å²) in [5, 5.41) is 4.61. The second-order valence-electron chi connectivity index (χ2n) is 4.99. The van der Waals surface area contributed by atoms with Crippen LogP contribution in [-0.2, 0) is 11.3 Å². The summed E-state index contributed by atoms with van der Waals surface area (Å²) >= 11 is 1.64. The number of carbonyl (C=O) groups is 2. The molecule has 0 saturated heterocycles. The lowest BCUT2D eigenvalue weighted by Crippen LogP contribution is -2.40. The van der Waals surface area contributed by atoms with Gasteiger partial charge in [0.05, 0.1) is 19.4 Å². The van der Waals surface area contributed by atoms with Crippen LogP contribution >= 0.6 is 11.3 Å². The van der Waals surface area contributed by atoms with Crippen molar-refractivity contribution < 1.29 is 14.0 Å².